The Morgan fingerprint density at radius 2 is 2.05 bits per heavy atom. The fraction of sp³-hybridized carbons (Fsp3) is 0.467. The SMILES string of the molecule is Nc1ccc(C(=O)N2CCCC2C(=O)NC2CC2)c(Cl)c1. The fourth-order valence-electron chi connectivity index (χ4n) is 2.67. The van der Waals surface area contributed by atoms with Crippen molar-refractivity contribution in [3.63, 3.8) is 0 Å². The zero-order valence-electron chi connectivity index (χ0n) is 11.6. The van der Waals surface area contributed by atoms with Gasteiger partial charge in [0, 0.05) is 18.3 Å². The molecule has 2 fully saturated rings. The number of hydrogen-bond acceptors (Lipinski definition) is 3. The summed E-state index contributed by atoms with van der Waals surface area (Å²) in [5, 5.41) is 3.30. The fourth-order valence-corrected chi connectivity index (χ4v) is 2.94. The summed E-state index contributed by atoms with van der Waals surface area (Å²) in [5.41, 5.74) is 6.56. The van der Waals surface area contributed by atoms with E-state index in [1.807, 2.05) is 0 Å². The van der Waals surface area contributed by atoms with E-state index in [4.69, 9.17) is 17.3 Å². The standard InChI is InChI=1S/C15H18ClN3O2/c16-12-8-9(17)3-6-11(12)15(21)19-7-1-2-13(19)14(20)18-10-4-5-10/h3,6,8,10,13H,1-2,4-5,7,17H2,(H,18,20). The van der Waals surface area contributed by atoms with Crippen LogP contribution in [0.15, 0.2) is 18.2 Å². The Labute approximate surface area is 128 Å². The van der Waals surface area contributed by atoms with E-state index in [0.717, 1.165) is 19.3 Å². The minimum Gasteiger partial charge on any atom is -0.399 e. The molecule has 0 spiro atoms. The van der Waals surface area contributed by atoms with Crippen molar-refractivity contribution in [2.45, 2.75) is 37.8 Å². The second-order valence-corrected chi connectivity index (χ2v) is 6.09. The van der Waals surface area contributed by atoms with Crippen LogP contribution in [0.2, 0.25) is 5.02 Å². The number of nitrogen functional groups attached to an aromatic ring is 1. The molecule has 0 bridgehead atoms. The molecule has 6 heteroatoms. The smallest absolute Gasteiger partial charge is 0.256 e. The molecule has 1 aliphatic heterocycles. The van der Waals surface area contributed by atoms with E-state index in [1.165, 1.54) is 0 Å². The molecule has 1 saturated carbocycles. The van der Waals surface area contributed by atoms with Gasteiger partial charge in [0.2, 0.25) is 5.91 Å². The Morgan fingerprint density at radius 3 is 2.71 bits per heavy atom. The molecule has 2 aliphatic rings. The van der Waals surface area contributed by atoms with E-state index in [2.05, 4.69) is 5.32 Å². The van der Waals surface area contributed by atoms with Crippen molar-refractivity contribution >= 4 is 29.1 Å². The Balaban J connectivity index is 1.77. The Morgan fingerprint density at radius 1 is 1.29 bits per heavy atom. The average Bonchev–Trinajstić information content (AvgIpc) is 3.11. The molecule has 1 heterocycles. The zero-order valence-corrected chi connectivity index (χ0v) is 12.4. The molecule has 3 N–H and O–H groups in total. The lowest BCUT2D eigenvalue weighted by atomic mass is 10.1. The van der Waals surface area contributed by atoms with Crippen molar-refractivity contribution in [3.05, 3.63) is 28.8 Å². The molecular weight excluding hydrogens is 290 g/mol. The third-order valence-electron chi connectivity index (χ3n) is 3.96. The highest BCUT2D eigenvalue weighted by molar-refractivity contribution is 6.34. The van der Waals surface area contributed by atoms with Gasteiger partial charge in [-0.15, -0.1) is 0 Å². The molecule has 1 aliphatic carbocycles. The number of nitrogens with two attached hydrogens (primary N) is 1. The average molecular weight is 308 g/mol. The second kappa shape index (κ2) is 5.56. The molecule has 21 heavy (non-hydrogen) atoms. The van der Waals surface area contributed by atoms with Crippen molar-refractivity contribution < 1.29 is 9.59 Å². The lowest BCUT2D eigenvalue weighted by Crippen LogP contribution is -2.46. The van der Waals surface area contributed by atoms with Gasteiger partial charge in [0.15, 0.2) is 0 Å². The number of likely N-dealkylation sites (tertiary alicyclic amines) is 1. The first kappa shape index (κ1) is 14.2. The van der Waals surface area contributed by atoms with E-state index in [9.17, 15) is 9.59 Å². The zero-order chi connectivity index (χ0) is 15.0. The summed E-state index contributed by atoms with van der Waals surface area (Å²) >= 11 is 6.10. The van der Waals surface area contributed by atoms with Gasteiger partial charge in [0.25, 0.3) is 5.91 Å². The third kappa shape index (κ3) is 2.97. The van der Waals surface area contributed by atoms with E-state index in [-0.39, 0.29) is 17.9 Å². The largest absolute Gasteiger partial charge is 0.399 e. The van der Waals surface area contributed by atoms with Crippen LogP contribution in [0.3, 0.4) is 0 Å². The molecule has 0 radical (unpaired) electrons. The Hall–Kier alpha value is -1.75. The number of carbonyl (C=O) groups is 2. The maximum atomic E-state index is 12.6. The monoisotopic (exact) mass is 307 g/mol. The van der Waals surface area contributed by atoms with E-state index in [0.29, 0.717) is 35.3 Å². The lowest BCUT2D eigenvalue weighted by molar-refractivity contribution is -0.125. The number of hydrogen-bond donors (Lipinski definition) is 2. The summed E-state index contributed by atoms with van der Waals surface area (Å²) in [6, 6.07) is 4.74. The highest BCUT2D eigenvalue weighted by Crippen LogP contribution is 2.26. The molecule has 3 rings (SSSR count). The van der Waals surface area contributed by atoms with Gasteiger partial charge in [0.1, 0.15) is 6.04 Å². The van der Waals surface area contributed by atoms with Gasteiger partial charge in [-0.25, -0.2) is 0 Å². The first-order chi connectivity index (χ1) is 10.1. The normalized spacial score (nSPS) is 21.4. The molecule has 1 saturated heterocycles. The highest BCUT2D eigenvalue weighted by atomic mass is 35.5. The van der Waals surface area contributed by atoms with Gasteiger partial charge >= 0.3 is 0 Å². The number of anilines is 1. The number of halogens is 1. The molecule has 1 atom stereocenters. The molecule has 0 aromatic heterocycles. The molecule has 5 nitrogen and oxygen atoms in total. The number of carbonyl (C=O) groups excluding carboxylic acids is 2. The van der Waals surface area contributed by atoms with Crippen LogP contribution in [-0.4, -0.2) is 35.3 Å². The minimum atomic E-state index is -0.383. The van der Waals surface area contributed by atoms with Crippen molar-refractivity contribution in [3.8, 4) is 0 Å². The molecule has 1 unspecified atom stereocenters. The van der Waals surface area contributed by atoms with Crippen molar-refractivity contribution in [1.29, 1.82) is 0 Å². The first-order valence-electron chi connectivity index (χ1n) is 7.22. The Kier molecular flexibility index (Phi) is 3.76. The van der Waals surface area contributed by atoms with Crippen LogP contribution in [0, 0.1) is 0 Å². The molecule has 1 aromatic rings. The van der Waals surface area contributed by atoms with Crippen LogP contribution in [0.25, 0.3) is 0 Å². The van der Waals surface area contributed by atoms with Gasteiger partial charge in [-0.3, -0.25) is 9.59 Å². The van der Waals surface area contributed by atoms with Gasteiger partial charge in [-0.05, 0) is 43.9 Å². The molecule has 112 valence electrons. The lowest BCUT2D eigenvalue weighted by Gasteiger charge is -2.24. The number of amides is 2. The van der Waals surface area contributed by atoms with E-state index < -0.39 is 0 Å². The van der Waals surface area contributed by atoms with Gasteiger partial charge < -0.3 is 16.0 Å². The van der Waals surface area contributed by atoms with Crippen LogP contribution in [-0.2, 0) is 4.79 Å². The maximum Gasteiger partial charge on any atom is 0.256 e. The summed E-state index contributed by atoms with van der Waals surface area (Å²) in [4.78, 5) is 26.5. The third-order valence-corrected chi connectivity index (χ3v) is 4.28. The number of nitrogens with zero attached hydrogens (tertiary/aromatic N) is 1. The second-order valence-electron chi connectivity index (χ2n) is 5.68. The van der Waals surface area contributed by atoms with Crippen molar-refractivity contribution in [1.82, 2.24) is 10.2 Å². The molecular formula is C15H18ClN3O2. The van der Waals surface area contributed by atoms with E-state index in [1.54, 1.807) is 23.1 Å². The van der Waals surface area contributed by atoms with Crippen molar-refractivity contribution in [2.75, 3.05) is 12.3 Å². The minimum absolute atomic E-state index is 0.0464. The van der Waals surface area contributed by atoms with Crippen LogP contribution in [0.4, 0.5) is 5.69 Å². The van der Waals surface area contributed by atoms with Gasteiger partial charge in [0.05, 0.1) is 10.6 Å². The summed E-state index contributed by atoms with van der Waals surface area (Å²) < 4.78 is 0. The number of nitrogens with one attached hydrogen (secondary N) is 1. The maximum absolute atomic E-state index is 12.6. The van der Waals surface area contributed by atoms with Crippen LogP contribution >= 0.6 is 11.6 Å². The van der Waals surface area contributed by atoms with E-state index >= 15 is 0 Å². The summed E-state index contributed by atoms with van der Waals surface area (Å²) in [7, 11) is 0. The predicted molar refractivity (Wildman–Crippen MR) is 81.1 cm³/mol. The first-order valence-corrected chi connectivity index (χ1v) is 7.60. The topological polar surface area (TPSA) is 75.4 Å². The van der Waals surface area contributed by atoms with Crippen LogP contribution < -0.4 is 11.1 Å². The van der Waals surface area contributed by atoms with Gasteiger partial charge in [-0.2, -0.15) is 0 Å². The summed E-state index contributed by atoms with van der Waals surface area (Å²) in [5.74, 6) is -0.247. The summed E-state index contributed by atoms with van der Waals surface area (Å²) in [6.07, 6.45) is 3.62. The van der Waals surface area contributed by atoms with Crippen molar-refractivity contribution in [2.24, 2.45) is 0 Å². The quantitative estimate of drug-likeness (QED) is 0.836. The van der Waals surface area contributed by atoms with Crippen LogP contribution in [0.5, 0.6) is 0 Å². The van der Waals surface area contributed by atoms with Crippen LogP contribution in [0.1, 0.15) is 36.0 Å². The number of rotatable bonds is 3. The number of benzene rings is 1. The van der Waals surface area contributed by atoms with Gasteiger partial charge in [-0.1, -0.05) is 11.6 Å². The molecule has 2 amide bonds. The Bertz CT molecular complexity index is 586. The summed E-state index contributed by atoms with van der Waals surface area (Å²) in [6.45, 7) is 0.586. The highest BCUT2D eigenvalue weighted by Gasteiger charge is 2.37. The predicted octanol–water partition coefficient (Wildman–Crippen LogP) is 1.81. The molecule has 1 aromatic carbocycles.